The van der Waals surface area contributed by atoms with E-state index in [1.165, 1.54) is 5.56 Å². The van der Waals surface area contributed by atoms with E-state index < -0.39 is 11.9 Å². The molecule has 1 aromatic carbocycles. The van der Waals surface area contributed by atoms with Gasteiger partial charge in [-0.2, -0.15) is 13.2 Å². The maximum absolute atomic E-state index is 12.7. The molecular weight excluding hydrogens is 405 g/mol. The van der Waals surface area contributed by atoms with Crippen molar-refractivity contribution in [2.75, 3.05) is 19.9 Å². The van der Waals surface area contributed by atoms with Crippen LogP contribution in [-0.4, -0.2) is 30.8 Å². The minimum Gasteiger partial charge on any atom is -0.454 e. The first kappa shape index (κ1) is 19.8. The van der Waals surface area contributed by atoms with E-state index in [0.717, 1.165) is 41.1 Å². The Bertz CT molecular complexity index is 909. The van der Waals surface area contributed by atoms with Crippen molar-refractivity contribution in [1.29, 1.82) is 0 Å². The second-order valence-corrected chi connectivity index (χ2v) is 7.96. The van der Waals surface area contributed by atoms with Crippen molar-refractivity contribution < 1.29 is 22.6 Å². The summed E-state index contributed by atoms with van der Waals surface area (Å²) in [5.74, 6) is 2.08. The molecule has 0 bridgehead atoms. The lowest BCUT2D eigenvalue weighted by atomic mass is 9.95. The number of halogens is 3. The molecule has 10 heteroatoms. The molecule has 4 rings (SSSR count). The van der Waals surface area contributed by atoms with E-state index in [0.29, 0.717) is 24.1 Å². The zero-order valence-electron chi connectivity index (χ0n) is 15.8. The molecule has 0 radical (unpaired) electrons. The summed E-state index contributed by atoms with van der Waals surface area (Å²) < 4.78 is 48.9. The fourth-order valence-electron chi connectivity index (χ4n) is 3.20. The van der Waals surface area contributed by atoms with Crippen molar-refractivity contribution in [2.45, 2.75) is 37.9 Å². The highest BCUT2D eigenvalue weighted by atomic mass is 32.1. The third-order valence-corrected chi connectivity index (χ3v) is 5.83. The van der Waals surface area contributed by atoms with E-state index in [2.05, 4.69) is 26.7 Å². The highest BCUT2D eigenvalue weighted by Gasteiger charge is 2.44. The van der Waals surface area contributed by atoms with E-state index in [9.17, 15) is 13.2 Å². The molecule has 2 aromatic rings. The SMILES string of the molecule is CCNC(=NCc1nc(C(F)(F)F)cs1)NCC1(c2ccc3c(c2)OCO3)CC1. The number of nitrogens with one attached hydrogen (secondary N) is 2. The Balaban J connectivity index is 1.40. The summed E-state index contributed by atoms with van der Waals surface area (Å²) in [6.45, 7) is 3.59. The summed E-state index contributed by atoms with van der Waals surface area (Å²) in [4.78, 5) is 8.01. The van der Waals surface area contributed by atoms with Crippen molar-refractivity contribution in [3.63, 3.8) is 0 Å². The smallest absolute Gasteiger partial charge is 0.434 e. The fraction of sp³-hybridized carbons (Fsp3) is 0.474. The number of fused-ring (bicyclic) bond motifs is 1. The molecule has 6 nitrogen and oxygen atoms in total. The normalized spacial score (nSPS) is 17.3. The van der Waals surface area contributed by atoms with Gasteiger partial charge in [-0.1, -0.05) is 6.07 Å². The molecule has 0 spiro atoms. The van der Waals surface area contributed by atoms with E-state index in [1.807, 2.05) is 19.1 Å². The van der Waals surface area contributed by atoms with E-state index in [1.54, 1.807) is 0 Å². The van der Waals surface area contributed by atoms with Gasteiger partial charge < -0.3 is 20.1 Å². The second kappa shape index (κ2) is 7.74. The van der Waals surface area contributed by atoms with Crippen LogP contribution in [0.2, 0.25) is 0 Å². The summed E-state index contributed by atoms with van der Waals surface area (Å²) in [7, 11) is 0. The summed E-state index contributed by atoms with van der Waals surface area (Å²) in [5, 5.41) is 7.79. The van der Waals surface area contributed by atoms with Gasteiger partial charge >= 0.3 is 6.18 Å². The van der Waals surface area contributed by atoms with Crippen LogP contribution < -0.4 is 20.1 Å². The predicted octanol–water partition coefficient (Wildman–Crippen LogP) is 3.68. The lowest BCUT2D eigenvalue weighted by molar-refractivity contribution is -0.140. The number of guanidine groups is 1. The number of thiazole rings is 1. The molecule has 1 saturated carbocycles. The maximum Gasteiger partial charge on any atom is 0.434 e. The summed E-state index contributed by atoms with van der Waals surface area (Å²) in [6, 6.07) is 6.01. The van der Waals surface area contributed by atoms with Crippen molar-refractivity contribution >= 4 is 17.3 Å². The molecule has 0 atom stereocenters. The number of aliphatic imine (C=N–C) groups is 1. The number of ether oxygens (including phenoxy) is 2. The molecule has 1 aliphatic heterocycles. The first-order chi connectivity index (χ1) is 13.9. The third kappa shape index (κ3) is 4.42. The number of benzene rings is 1. The number of hydrogen-bond donors (Lipinski definition) is 2. The first-order valence-corrected chi connectivity index (χ1v) is 10.2. The van der Waals surface area contributed by atoms with Gasteiger partial charge in [-0.25, -0.2) is 9.98 Å². The highest BCUT2D eigenvalue weighted by Crippen LogP contribution is 2.49. The summed E-state index contributed by atoms with van der Waals surface area (Å²) in [6.07, 6.45) is -2.34. The highest BCUT2D eigenvalue weighted by molar-refractivity contribution is 7.09. The van der Waals surface area contributed by atoms with E-state index in [-0.39, 0.29) is 18.8 Å². The number of hydrogen-bond acceptors (Lipinski definition) is 5. The molecule has 1 fully saturated rings. The van der Waals surface area contributed by atoms with Crippen LogP contribution in [0, 0.1) is 0 Å². The van der Waals surface area contributed by atoms with Crippen LogP contribution in [0.15, 0.2) is 28.6 Å². The van der Waals surface area contributed by atoms with Crippen LogP contribution in [0.25, 0.3) is 0 Å². The standard InChI is InChI=1S/C19H21F3N4O2S/c1-2-23-17(24-8-16-26-15(9-29-16)19(20,21)22)25-10-18(5-6-18)12-3-4-13-14(7-12)28-11-27-13/h3-4,7,9H,2,5-6,8,10-11H2,1H3,(H2,23,24,25). The molecule has 0 unspecified atom stereocenters. The van der Waals surface area contributed by atoms with E-state index in [4.69, 9.17) is 9.47 Å². The number of rotatable bonds is 6. The molecule has 0 amide bonds. The molecule has 1 aliphatic carbocycles. The quantitative estimate of drug-likeness (QED) is 0.545. The molecule has 2 heterocycles. The monoisotopic (exact) mass is 426 g/mol. The van der Waals surface area contributed by atoms with Crippen LogP contribution in [0.3, 0.4) is 0 Å². The van der Waals surface area contributed by atoms with Crippen molar-refractivity contribution in [1.82, 2.24) is 15.6 Å². The largest absolute Gasteiger partial charge is 0.454 e. The van der Waals surface area contributed by atoms with Crippen LogP contribution in [-0.2, 0) is 18.1 Å². The zero-order chi connectivity index (χ0) is 20.5. The van der Waals surface area contributed by atoms with Crippen LogP contribution in [0.5, 0.6) is 11.5 Å². The van der Waals surface area contributed by atoms with Gasteiger partial charge in [-0.3, -0.25) is 0 Å². The Morgan fingerprint density at radius 1 is 1.24 bits per heavy atom. The average molecular weight is 426 g/mol. The Morgan fingerprint density at radius 3 is 2.72 bits per heavy atom. The van der Waals surface area contributed by atoms with Gasteiger partial charge in [0.1, 0.15) is 5.01 Å². The van der Waals surface area contributed by atoms with Gasteiger partial charge in [0, 0.05) is 23.9 Å². The minimum absolute atomic E-state index is 0.00179. The molecule has 1 aromatic heterocycles. The first-order valence-electron chi connectivity index (χ1n) is 9.33. The van der Waals surface area contributed by atoms with Crippen LogP contribution in [0.1, 0.15) is 36.0 Å². The van der Waals surface area contributed by atoms with Crippen LogP contribution in [0.4, 0.5) is 13.2 Å². The van der Waals surface area contributed by atoms with Crippen LogP contribution >= 0.6 is 11.3 Å². The topological polar surface area (TPSA) is 67.8 Å². The Labute approximate surface area is 170 Å². The van der Waals surface area contributed by atoms with Gasteiger partial charge in [-0.05, 0) is 37.5 Å². The minimum atomic E-state index is -4.43. The zero-order valence-corrected chi connectivity index (χ0v) is 16.6. The fourth-order valence-corrected chi connectivity index (χ4v) is 3.92. The summed E-state index contributed by atoms with van der Waals surface area (Å²) in [5.41, 5.74) is 0.312. The number of alkyl halides is 3. The van der Waals surface area contributed by atoms with Crippen molar-refractivity contribution in [2.24, 2.45) is 4.99 Å². The Hall–Kier alpha value is -2.49. The summed E-state index contributed by atoms with van der Waals surface area (Å²) >= 11 is 0.961. The predicted molar refractivity (Wildman–Crippen MR) is 103 cm³/mol. The van der Waals surface area contributed by atoms with Crippen molar-refractivity contribution in [3.05, 3.63) is 39.8 Å². The molecule has 29 heavy (non-hydrogen) atoms. The Morgan fingerprint density at radius 2 is 2.03 bits per heavy atom. The lowest BCUT2D eigenvalue weighted by Gasteiger charge is -2.19. The molecule has 156 valence electrons. The van der Waals surface area contributed by atoms with Gasteiger partial charge in [-0.15, -0.1) is 11.3 Å². The molecule has 0 saturated heterocycles. The van der Waals surface area contributed by atoms with Gasteiger partial charge in [0.25, 0.3) is 0 Å². The maximum atomic E-state index is 12.7. The molecular formula is C19H21F3N4O2S. The number of aromatic nitrogens is 1. The van der Waals surface area contributed by atoms with Gasteiger partial charge in [0.15, 0.2) is 23.2 Å². The van der Waals surface area contributed by atoms with Gasteiger partial charge in [0.2, 0.25) is 6.79 Å². The van der Waals surface area contributed by atoms with Gasteiger partial charge in [0.05, 0.1) is 6.54 Å². The number of nitrogens with zero attached hydrogens (tertiary/aromatic N) is 2. The Kier molecular flexibility index (Phi) is 5.28. The molecule has 2 aliphatic rings. The molecule has 2 N–H and O–H groups in total. The van der Waals surface area contributed by atoms with E-state index >= 15 is 0 Å². The lowest BCUT2D eigenvalue weighted by Crippen LogP contribution is -2.41. The van der Waals surface area contributed by atoms with Crippen molar-refractivity contribution in [3.8, 4) is 11.5 Å². The second-order valence-electron chi connectivity index (χ2n) is 7.02. The average Bonchev–Trinajstić information content (AvgIpc) is 3.10. The third-order valence-electron chi connectivity index (χ3n) is 4.99.